The van der Waals surface area contributed by atoms with Gasteiger partial charge in [-0.15, -0.1) is 10.2 Å². The van der Waals surface area contributed by atoms with Gasteiger partial charge >= 0.3 is 11.8 Å². The second-order valence-corrected chi connectivity index (χ2v) is 3.76. The number of nitrogen functional groups attached to an aromatic ring is 1. The van der Waals surface area contributed by atoms with E-state index in [2.05, 4.69) is 16.8 Å². The van der Waals surface area contributed by atoms with Gasteiger partial charge in [0, 0.05) is 17.3 Å². The van der Waals surface area contributed by atoms with E-state index in [1.165, 1.54) is 24.3 Å². The molecule has 0 bridgehead atoms. The molecule has 1 aliphatic heterocycles. The zero-order valence-electron chi connectivity index (χ0n) is 9.24. The Morgan fingerprint density at radius 3 is 2.50 bits per heavy atom. The SMILES string of the molecule is C=CCOc1cc(N)cc(C2(C(F)(F)F)N=N2)c1. The summed E-state index contributed by atoms with van der Waals surface area (Å²) in [5, 5.41) is 6.21. The summed E-state index contributed by atoms with van der Waals surface area (Å²) < 4.78 is 43.6. The molecule has 2 rings (SSSR count). The van der Waals surface area contributed by atoms with Gasteiger partial charge in [-0.2, -0.15) is 13.2 Å². The van der Waals surface area contributed by atoms with Crippen molar-refractivity contribution in [2.75, 3.05) is 12.3 Å². The zero-order chi connectivity index (χ0) is 13.4. The van der Waals surface area contributed by atoms with Gasteiger partial charge in [0.2, 0.25) is 0 Å². The van der Waals surface area contributed by atoms with Gasteiger partial charge in [0.05, 0.1) is 0 Å². The number of nitrogens with zero attached hydrogens (tertiary/aromatic N) is 2. The third kappa shape index (κ3) is 2.03. The maximum absolute atomic E-state index is 12.8. The molecule has 0 spiro atoms. The van der Waals surface area contributed by atoms with Crippen molar-refractivity contribution in [2.24, 2.45) is 10.2 Å². The lowest BCUT2D eigenvalue weighted by molar-refractivity contribution is -0.166. The van der Waals surface area contributed by atoms with Gasteiger partial charge in [-0.1, -0.05) is 12.7 Å². The molecule has 0 amide bonds. The highest BCUT2D eigenvalue weighted by Gasteiger charge is 2.65. The summed E-state index contributed by atoms with van der Waals surface area (Å²) in [5.41, 5.74) is 3.08. The molecule has 0 aliphatic carbocycles. The Hall–Kier alpha value is -2.05. The van der Waals surface area contributed by atoms with Gasteiger partial charge in [-0.3, -0.25) is 0 Å². The fraction of sp³-hybridized carbons (Fsp3) is 0.273. The van der Waals surface area contributed by atoms with Crippen LogP contribution in [0.15, 0.2) is 41.1 Å². The molecule has 0 unspecified atom stereocenters. The molecule has 0 fully saturated rings. The van der Waals surface area contributed by atoms with E-state index in [0.29, 0.717) is 0 Å². The highest BCUT2D eigenvalue weighted by atomic mass is 19.4. The highest BCUT2D eigenvalue weighted by Crippen LogP contribution is 2.53. The van der Waals surface area contributed by atoms with Crippen LogP contribution in [0.25, 0.3) is 0 Å². The Kier molecular flexibility index (Phi) is 2.76. The number of nitrogens with two attached hydrogens (primary N) is 1. The van der Waals surface area contributed by atoms with Crippen molar-refractivity contribution in [1.82, 2.24) is 0 Å². The first kappa shape index (κ1) is 12.4. The number of benzene rings is 1. The third-order valence-electron chi connectivity index (χ3n) is 2.39. The summed E-state index contributed by atoms with van der Waals surface area (Å²) in [6, 6.07) is 3.85. The Morgan fingerprint density at radius 1 is 1.33 bits per heavy atom. The molecule has 0 aromatic heterocycles. The van der Waals surface area contributed by atoms with Gasteiger partial charge in [-0.05, 0) is 12.1 Å². The third-order valence-corrected chi connectivity index (χ3v) is 2.39. The Labute approximate surface area is 101 Å². The summed E-state index contributed by atoms with van der Waals surface area (Å²) in [7, 11) is 0. The topological polar surface area (TPSA) is 60.0 Å². The van der Waals surface area contributed by atoms with Crippen LogP contribution in [0.3, 0.4) is 0 Å². The Morgan fingerprint density at radius 2 is 2.00 bits per heavy atom. The summed E-state index contributed by atoms with van der Waals surface area (Å²) >= 11 is 0. The summed E-state index contributed by atoms with van der Waals surface area (Å²) in [6.45, 7) is 3.62. The molecule has 0 saturated heterocycles. The lowest BCUT2D eigenvalue weighted by atomic mass is 10.0. The molecular formula is C11H10F3N3O. The van der Waals surface area contributed by atoms with Crippen LogP contribution in [0.5, 0.6) is 5.75 Å². The van der Waals surface area contributed by atoms with Crippen molar-refractivity contribution >= 4 is 5.69 Å². The van der Waals surface area contributed by atoms with Gasteiger partial charge in [0.15, 0.2) is 0 Å². The normalized spacial score (nSPS) is 16.4. The van der Waals surface area contributed by atoms with E-state index >= 15 is 0 Å². The number of rotatable bonds is 4. The van der Waals surface area contributed by atoms with Gasteiger partial charge in [0.25, 0.3) is 0 Å². The molecule has 4 nitrogen and oxygen atoms in total. The van der Waals surface area contributed by atoms with E-state index in [9.17, 15) is 13.2 Å². The Bertz CT molecular complexity index is 505. The average molecular weight is 257 g/mol. The van der Waals surface area contributed by atoms with Crippen LogP contribution in [-0.2, 0) is 5.66 Å². The monoisotopic (exact) mass is 257 g/mol. The van der Waals surface area contributed by atoms with Gasteiger partial charge in [-0.25, -0.2) is 0 Å². The molecule has 0 atom stereocenters. The predicted octanol–water partition coefficient (Wildman–Crippen LogP) is 3.01. The van der Waals surface area contributed by atoms with E-state index in [4.69, 9.17) is 10.5 Å². The highest BCUT2D eigenvalue weighted by molar-refractivity contribution is 5.50. The van der Waals surface area contributed by atoms with Crippen molar-refractivity contribution in [1.29, 1.82) is 0 Å². The first-order valence-electron chi connectivity index (χ1n) is 5.04. The number of hydrogen-bond acceptors (Lipinski definition) is 4. The van der Waals surface area contributed by atoms with Crippen LogP contribution in [0.1, 0.15) is 5.56 Å². The van der Waals surface area contributed by atoms with Crippen molar-refractivity contribution in [3.05, 3.63) is 36.4 Å². The number of alkyl halides is 3. The average Bonchev–Trinajstić information content (AvgIpc) is 3.05. The standard InChI is InChI=1S/C11H10F3N3O/c1-2-3-18-9-5-7(4-8(15)6-9)10(16-17-10)11(12,13)14/h2,4-6H,1,3,15H2. The molecule has 96 valence electrons. The number of halogens is 3. The van der Waals surface area contributed by atoms with E-state index in [1.54, 1.807) is 0 Å². The van der Waals surface area contributed by atoms with Crippen LogP contribution in [0.2, 0.25) is 0 Å². The molecule has 1 aromatic carbocycles. The Balaban J connectivity index is 2.34. The van der Waals surface area contributed by atoms with Crippen molar-refractivity contribution < 1.29 is 17.9 Å². The van der Waals surface area contributed by atoms with Crippen molar-refractivity contribution in [2.45, 2.75) is 11.8 Å². The fourth-order valence-electron chi connectivity index (χ4n) is 1.50. The van der Waals surface area contributed by atoms with Crippen LogP contribution in [0, 0.1) is 0 Å². The van der Waals surface area contributed by atoms with Gasteiger partial charge in [0.1, 0.15) is 12.4 Å². The van der Waals surface area contributed by atoms with Crippen LogP contribution >= 0.6 is 0 Å². The second kappa shape index (κ2) is 4.01. The zero-order valence-corrected chi connectivity index (χ0v) is 9.24. The van der Waals surface area contributed by atoms with E-state index in [1.807, 2.05) is 0 Å². The molecule has 18 heavy (non-hydrogen) atoms. The lowest BCUT2D eigenvalue weighted by Crippen LogP contribution is -2.30. The first-order valence-corrected chi connectivity index (χ1v) is 5.04. The first-order chi connectivity index (χ1) is 8.39. The number of ether oxygens (including phenoxy) is 1. The molecule has 1 aromatic rings. The lowest BCUT2D eigenvalue weighted by Gasteiger charge is -2.16. The molecule has 2 N–H and O–H groups in total. The molecule has 1 heterocycles. The molecule has 1 aliphatic rings. The quantitative estimate of drug-likeness (QED) is 0.665. The minimum absolute atomic E-state index is 0.144. The fourth-order valence-corrected chi connectivity index (χ4v) is 1.50. The predicted molar refractivity (Wildman–Crippen MR) is 59.1 cm³/mol. The number of anilines is 1. The largest absolute Gasteiger partial charge is 0.489 e. The molecular weight excluding hydrogens is 247 g/mol. The maximum atomic E-state index is 12.8. The number of hydrogen-bond donors (Lipinski definition) is 1. The summed E-state index contributed by atoms with van der Waals surface area (Å²) in [5.74, 6) is 0.228. The minimum Gasteiger partial charge on any atom is -0.489 e. The molecule has 7 heteroatoms. The minimum atomic E-state index is -4.57. The van der Waals surface area contributed by atoms with Crippen molar-refractivity contribution in [3.8, 4) is 5.75 Å². The van der Waals surface area contributed by atoms with E-state index < -0.39 is 11.8 Å². The van der Waals surface area contributed by atoms with Crippen LogP contribution in [0.4, 0.5) is 18.9 Å². The summed E-state index contributed by atoms with van der Waals surface area (Å²) in [6.07, 6.45) is -3.09. The van der Waals surface area contributed by atoms with Crippen LogP contribution < -0.4 is 10.5 Å². The van der Waals surface area contributed by atoms with E-state index in [-0.39, 0.29) is 23.6 Å². The molecule has 0 radical (unpaired) electrons. The molecule has 0 saturated carbocycles. The van der Waals surface area contributed by atoms with E-state index in [0.717, 1.165) is 0 Å². The summed E-state index contributed by atoms with van der Waals surface area (Å²) in [4.78, 5) is 0. The van der Waals surface area contributed by atoms with Gasteiger partial charge < -0.3 is 10.5 Å². The van der Waals surface area contributed by atoms with Crippen molar-refractivity contribution in [3.63, 3.8) is 0 Å². The van der Waals surface area contributed by atoms with Crippen LogP contribution in [-0.4, -0.2) is 12.8 Å². The smallest absolute Gasteiger partial charge is 0.442 e. The second-order valence-electron chi connectivity index (χ2n) is 3.76. The maximum Gasteiger partial charge on any atom is 0.442 e.